The molecule has 1 N–H and O–H groups in total. The molecule has 1 aromatic heterocycles. The van der Waals surface area contributed by atoms with Crippen molar-refractivity contribution in [3.63, 3.8) is 0 Å². The number of carbonyl (C=O) groups excluding carboxylic acids is 2. The van der Waals surface area contributed by atoms with E-state index < -0.39 is 0 Å². The van der Waals surface area contributed by atoms with Crippen LogP contribution in [-0.2, 0) is 9.53 Å². The number of nitrogens with zero attached hydrogens (tertiary/aromatic N) is 2. The molecule has 0 atom stereocenters. The summed E-state index contributed by atoms with van der Waals surface area (Å²) < 4.78 is 4.97. The maximum atomic E-state index is 13.2. The number of amides is 2. The smallest absolute Gasteiger partial charge is 0.254 e. The number of carbonyl (C=O) groups is 2. The van der Waals surface area contributed by atoms with E-state index in [1.54, 1.807) is 32.4 Å². The maximum absolute atomic E-state index is 13.2. The fraction of sp³-hybridized carbons (Fsp3) is 0.261. The van der Waals surface area contributed by atoms with Crippen molar-refractivity contribution in [2.75, 3.05) is 33.9 Å². The molecular weight excluding hydrogens is 402 g/mol. The number of likely N-dealkylation sites (N-methyl/N-ethyl adjacent to an activating group) is 1. The molecule has 0 aliphatic rings. The SMILES string of the molecule is COCCCNC(=O)CN(C)C(=O)c1cc(-c2ccc(Cl)cc2)nc2ccccc12. The number of nitrogens with one attached hydrogen (secondary N) is 1. The zero-order chi connectivity index (χ0) is 21.5. The highest BCUT2D eigenvalue weighted by molar-refractivity contribution is 6.30. The number of para-hydroxylation sites is 1. The molecular formula is C23H24ClN3O3. The van der Waals surface area contributed by atoms with E-state index in [4.69, 9.17) is 21.3 Å². The second-order valence-electron chi connectivity index (χ2n) is 6.94. The van der Waals surface area contributed by atoms with E-state index in [-0.39, 0.29) is 18.4 Å². The number of ether oxygens (including phenoxy) is 1. The van der Waals surface area contributed by atoms with Gasteiger partial charge in [0.05, 0.1) is 23.3 Å². The van der Waals surface area contributed by atoms with E-state index in [0.717, 1.165) is 17.4 Å². The Morgan fingerprint density at radius 1 is 1.13 bits per heavy atom. The number of benzene rings is 2. The summed E-state index contributed by atoms with van der Waals surface area (Å²) in [4.78, 5) is 31.5. The monoisotopic (exact) mass is 425 g/mol. The number of aromatic nitrogens is 1. The van der Waals surface area contributed by atoms with Gasteiger partial charge in [0.25, 0.3) is 5.91 Å². The highest BCUT2D eigenvalue weighted by atomic mass is 35.5. The predicted octanol–water partition coefficient (Wildman–Crippen LogP) is 3.78. The highest BCUT2D eigenvalue weighted by Gasteiger charge is 2.19. The zero-order valence-corrected chi connectivity index (χ0v) is 17.8. The van der Waals surface area contributed by atoms with Crippen molar-refractivity contribution in [3.8, 4) is 11.3 Å². The van der Waals surface area contributed by atoms with Crippen LogP contribution in [0.1, 0.15) is 16.8 Å². The molecule has 1 heterocycles. The second-order valence-corrected chi connectivity index (χ2v) is 7.37. The van der Waals surface area contributed by atoms with Gasteiger partial charge in [-0.3, -0.25) is 9.59 Å². The Kier molecular flexibility index (Phi) is 7.38. The summed E-state index contributed by atoms with van der Waals surface area (Å²) in [6, 6.07) is 16.5. The van der Waals surface area contributed by atoms with Crippen molar-refractivity contribution in [2.45, 2.75) is 6.42 Å². The zero-order valence-electron chi connectivity index (χ0n) is 17.0. The fourth-order valence-corrected chi connectivity index (χ4v) is 3.24. The minimum Gasteiger partial charge on any atom is -0.385 e. The molecule has 0 bridgehead atoms. The average molecular weight is 426 g/mol. The van der Waals surface area contributed by atoms with Gasteiger partial charge in [-0.15, -0.1) is 0 Å². The molecule has 2 amide bonds. The molecule has 3 aromatic rings. The molecule has 0 aliphatic heterocycles. The number of halogens is 1. The largest absolute Gasteiger partial charge is 0.385 e. The number of hydrogen-bond acceptors (Lipinski definition) is 4. The third-order valence-corrected chi connectivity index (χ3v) is 4.91. The highest BCUT2D eigenvalue weighted by Crippen LogP contribution is 2.26. The van der Waals surface area contributed by atoms with Gasteiger partial charge in [0, 0.05) is 43.3 Å². The van der Waals surface area contributed by atoms with Crippen molar-refractivity contribution in [1.29, 1.82) is 0 Å². The van der Waals surface area contributed by atoms with E-state index in [1.165, 1.54) is 4.90 Å². The first-order valence-corrected chi connectivity index (χ1v) is 10.0. The lowest BCUT2D eigenvalue weighted by molar-refractivity contribution is -0.121. The van der Waals surface area contributed by atoms with Crippen LogP contribution in [0.3, 0.4) is 0 Å². The molecule has 6 nitrogen and oxygen atoms in total. The number of hydrogen-bond donors (Lipinski definition) is 1. The first-order chi connectivity index (χ1) is 14.5. The first kappa shape index (κ1) is 21.7. The third kappa shape index (κ3) is 5.34. The Bertz CT molecular complexity index is 1040. The van der Waals surface area contributed by atoms with Crippen LogP contribution in [0.15, 0.2) is 54.6 Å². The topological polar surface area (TPSA) is 71.5 Å². The average Bonchev–Trinajstić information content (AvgIpc) is 2.76. The number of methoxy groups -OCH3 is 1. The van der Waals surface area contributed by atoms with Gasteiger partial charge < -0.3 is 15.0 Å². The van der Waals surface area contributed by atoms with E-state index >= 15 is 0 Å². The Hall–Kier alpha value is -2.96. The van der Waals surface area contributed by atoms with Crippen LogP contribution in [0.2, 0.25) is 5.02 Å². The molecule has 3 rings (SSSR count). The van der Waals surface area contributed by atoms with Gasteiger partial charge in [0.1, 0.15) is 0 Å². The van der Waals surface area contributed by atoms with Crippen LogP contribution in [-0.4, -0.2) is 55.6 Å². The van der Waals surface area contributed by atoms with Gasteiger partial charge in [-0.05, 0) is 30.7 Å². The van der Waals surface area contributed by atoms with E-state index in [9.17, 15) is 9.59 Å². The number of fused-ring (bicyclic) bond motifs is 1. The van der Waals surface area contributed by atoms with Crippen LogP contribution in [0, 0.1) is 0 Å². The quantitative estimate of drug-likeness (QED) is 0.557. The van der Waals surface area contributed by atoms with E-state index in [1.807, 2.05) is 36.4 Å². The molecule has 0 fully saturated rings. The normalized spacial score (nSPS) is 10.8. The molecule has 30 heavy (non-hydrogen) atoms. The summed E-state index contributed by atoms with van der Waals surface area (Å²) in [5.41, 5.74) is 2.75. The summed E-state index contributed by atoms with van der Waals surface area (Å²) in [6.45, 7) is 1.05. The molecule has 0 saturated carbocycles. The molecule has 0 spiro atoms. The number of rotatable bonds is 8. The Labute approximate surface area is 180 Å². The van der Waals surface area contributed by atoms with Gasteiger partial charge >= 0.3 is 0 Å². The molecule has 7 heteroatoms. The Morgan fingerprint density at radius 3 is 2.60 bits per heavy atom. The minimum atomic E-state index is -0.240. The lowest BCUT2D eigenvalue weighted by atomic mass is 10.0. The van der Waals surface area contributed by atoms with Gasteiger partial charge in [0.2, 0.25) is 5.91 Å². The standard InChI is InChI=1S/C23H24ClN3O3/c1-27(15-22(28)25-12-5-13-30-2)23(29)19-14-21(16-8-10-17(24)11-9-16)26-20-7-4-3-6-18(19)20/h3-4,6-11,14H,5,12-13,15H2,1-2H3,(H,25,28). The maximum Gasteiger partial charge on any atom is 0.254 e. The fourth-order valence-electron chi connectivity index (χ4n) is 3.11. The lowest BCUT2D eigenvalue weighted by Gasteiger charge is -2.18. The molecule has 0 radical (unpaired) electrons. The Morgan fingerprint density at radius 2 is 1.87 bits per heavy atom. The van der Waals surface area contributed by atoms with Crippen molar-refractivity contribution < 1.29 is 14.3 Å². The molecule has 2 aromatic carbocycles. The molecule has 0 saturated heterocycles. The van der Waals surface area contributed by atoms with Gasteiger partial charge in [0.15, 0.2) is 0 Å². The number of pyridine rings is 1. The van der Waals surface area contributed by atoms with Crippen LogP contribution in [0.25, 0.3) is 22.2 Å². The van der Waals surface area contributed by atoms with Gasteiger partial charge in [-0.25, -0.2) is 4.98 Å². The van der Waals surface area contributed by atoms with Crippen LogP contribution in [0.5, 0.6) is 0 Å². The summed E-state index contributed by atoms with van der Waals surface area (Å²) in [6.07, 6.45) is 0.722. The summed E-state index contributed by atoms with van der Waals surface area (Å²) in [5.74, 6) is -0.450. The van der Waals surface area contributed by atoms with Crippen molar-refractivity contribution in [1.82, 2.24) is 15.2 Å². The van der Waals surface area contributed by atoms with Crippen LogP contribution >= 0.6 is 11.6 Å². The van der Waals surface area contributed by atoms with Gasteiger partial charge in [-0.2, -0.15) is 0 Å². The summed E-state index contributed by atoms with van der Waals surface area (Å²) >= 11 is 5.99. The summed E-state index contributed by atoms with van der Waals surface area (Å²) in [5, 5.41) is 4.17. The second kappa shape index (κ2) is 10.2. The molecule has 156 valence electrons. The van der Waals surface area contributed by atoms with Gasteiger partial charge in [-0.1, -0.05) is 41.9 Å². The van der Waals surface area contributed by atoms with Crippen LogP contribution < -0.4 is 5.32 Å². The van der Waals surface area contributed by atoms with Crippen molar-refractivity contribution in [3.05, 3.63) is 65.2 Å². The molecule has 0 unspecified atom stereocenters. The van der Waals surface area contributed by atoms with Crippen molar-refractivity contribution >= 4 is 34.3 Å². The lowest BCUT2D eigenvalue weighted by Crippen LogP contribution is -2.39. The van der Waals surface area contributed by atoms with E-state index in [0.29, 0.717) is 34.9 Å². The van der Waals surface area contributed by atoms with Crippen molar-refractivity contribution in [2.24, 2.45) is 0 Å². The van der Waals surface area contributed by atoms with E-state index in [2.05, 4.69) is 5.32 Å². The summed E-state index contributed by atoms with van der Waals surface area (Å²) in [7, 11) is 3.24. The predicted molar refractivity (Wildman–Crippen MR) is 119 cm³/mol. The first-order valence-electron chi connectivity index (χ1n) is 9.66. The molecule has 0 aliphatic carbocycles. The van der Waals surface area contributed by atoms with Crippen LogP contribution in [0.4, 0.5) is 0 Å². The Balaban J connectivity index is 1.85. The minimum absolute atomic E-state index is 0.0290. The third-order valence-electron chi connectivity index (χ3n) is 4.66.